The average molecular weight is 307 g/mol. The first-order chi connectivity index (χ1) is 11.0. The second kappa shape index (κ2) is 8.01. The molecule has 0 radical (unpaired) electrons. The molecule has 0 amide bonds. The fraction of sp³-hybridized carbons (Fsp3) is 0.364. The van der Waals surface area contributed by atoms with Crippen molar-refractivity contribution >= 4 is 11.3 Å². The minimum Gasteiger partial charge on any atom is -0.356 e. The van der Waals surface area contributed by atoms with Crippen LogP contribution in [0.25, 0.3) is 11.3 Å². The highest BCUT2D eigenvalue weighted by Gasteiger charge is 2.15. The number of nitrogens with one attached hydrogen (secondary N) is 1. The lowest BCUT2D eigenvalue weighted by molar-refractivity contribution is 0.527. The zero-order chi connectivity index (χ0) is 16.8. The van der Waals surface area contributed by atoms with Crippen molar-refractivity contribution in [2.75, 3.05) is 0 Å². The SMILES string of the molecule is C=C(C)c1ccccc1C(=C)NC1=CCC(CCCC)C(C)=C1. The maximum Gasteiger partial charge on any atom is 0.0390 e. The van der Waals surface area contributed by atoms with E-state index in [1.807, 2.05) is 19.1 Å². The lowest BCUT2D eigenvalue weighted by atomic mass is 9.87. The van der Waals surface area contributed by atoms with Crippen LogP contribution in [-0.2, 0) is 0 Å². The Morgan fingerprint density at radius 1 is 1.22 bits per heavy atom. The van der Waals surface area contributed by atoms with Gasteiger partial charge in [-0.3, -0.25) is 0 Å². The van der Waals surface area contributed by atoms with Crippen molar-refractivity contribution in [1.82, 2.24) is 5.32 Å². The highest BCUT2D eigenvalue weighted by Crippen LogP contribution is 2.29. The molecule has 2 rings (SSSR count). The van der Waals surface area contributed by atoms with Crippen molar-refractivity contribution in [1.29, 1.82) is 0 Å². The summed E-state index contributed by atoms with van der Waals surface area (Å²) in [5.41, 5.74) is 6.92. The van der Waals surface area contributed by atoms with Gasteiger partial charge in [0, 0.05) is 17.0 Å². The summed E-state index contributed by atoms with van der Waals surface area (Å²) >= 11 is 0. The molecule has 1 aromatic rings. The van der Waals surface area contributed by atoms with E-state index in [1.165, 1.54) is 24.8 Å². The van der Waals surface area contributed by atoms with Gasteiger partial charge in [0.1, 0.15) is 0 Å². The van der Waals surface area contributed by atoms with Gasteiger partial charge in [0.2, 0.25) is 0 Å². The lowest BCUT2D eigenvalue weighted by Crippen LogP contribution is -2.15. The van der Waals surface area contributed by atoms with Gasteiger partial charge in [-0.2, -0.15) is 0 Å². The summed E-state index contributed by atoms with van der Waals surface area (Å²) in [7, 11) is 0. The van der Waals surface area contributed by atoms with Crippen LogP contribution in [0.3, 0.4) is 0 Å². The summed E-state index contributed by atoms with van der Waals surface area (Å²) in [5.74, 6) is 0.705. The molecule has 1 aliphatic rings. The molecule has 1 atom stereocenters. The number of benzene rings is 1. The molecule has 1 aromatic carbocycles. The number of hydrogen-bond acceptors (Lipinski definition) is 1. The predicted molar refractivity (Wildman–Crippen MR) is 103 cm³/mol. The first-order valence-corrected chi connectivity index (χ1v) is 8.62. The molecule has 1 heteroatoms. The van der Waals surface area contributed by atoms with Crippen LogP contribution in [0, 0.1) is 5.92 Å². The molecule has 0 aromatic heterocycles. The van der Waals surface area contributed by atoms with Crippen LogP contribution in [0.4, 0.5) is 0 Å². The van der Waals surface area contributed by atoms with Crippen LogP contribution < -0.4 is 5.32 Å². The van der Waals surface area contributed by atoms with Crippen LogP contribution in [0.2, 0.25) is 0 Å². The fourth-order valence-corrected chi connectivity index (χ4v) is 3.12. The van der Waals surface area contributed by atoms with E-state index < -0.39 is 0 Å². The van der Waals surface area contributed by atoms with Crippen molar-refractivity contribution in [2.24, 2.45) is 5.92 Å². The van der Waals surface area contributed by atoms with Gasteiger partial charge in [-0.15, -0.1) is 0 Å². The molecular weight excluding hydrogens is 278 g/mol. The Balaban J connectivity index is 2.08. The van der Waals surface area contributed by atoms with Crippen LogP contribution >= 0.6 is 0 Å². The second-order valence-corrected chi connectivity index (χ2v) is 6.55. The van der Waals surface area contributed by atoms with Crippen molar-refractivity contribution in [2.45, 2.75) is 46.5 Å². The standard InChI is InChI=1S/C22H29N/c1-6-7-10-19-13-14-20(15-17(19)4)23-18(5)22-12-9-8-11-21(22)16(2)3/h8-9,11-12,14-15,19,23H,2,5-7,10,13H2,1,3-4H3. The molecule has 1 nitrogen and oxygen atoms in total. The van der Waals surface area contributed by atoms with Crippen molar-refractivity contribution < 1.29 is 0 Å². The van der Waals surface area contributed by atoms with Gasteiger partial charge in [-0.25, -0.2) is 0 Å². The zero-order valence-electron chi connectivity index (χ0n) is 14.8. The molecular formula is C22H29N. The number of rotatable bonds is 7. The number of allylic oxidation sites excluding steroid dienone is 4. The minimum absolute atomic E-state index is 0.705. The Labute approximate surface area is 141 Å². The fourth-order valence-electron chi connectivity index (χ4n) is 3.12. The zero-order valence-corrected chi connectivity index (χ0v) is 14.8. The molecule has 0 saturated heterocycles. The van der Waals surface area contributed by atoms with E-state index in [4.69, 9.17) is 0 Å². The second-order valence-electron chi connectivity index (χ2n) is 6.55. The Hall–Kier alpha value is -2.02. The van der Waals surface area contributed by atoms with Crippen LogP contribution in [0.1, 0.15) is 57.6 Å². The first-order valence-electron chi connectivity index (χ1n) is 8.62. The third-order valence-corrected chi connectivity index (χ3v) is 4.56. The number of hydrogen-bond donors (Lipinski definition) is 1. The normalized spacial score (nSPS) is 17.3. The van der Waals surface area contributed by atoms with E-state index in [0.717, 1.165) is 34.5 Å². The minimum atomic E-state index is 0.705. The molecule has 0 aliphatic heterocycles. The molecule has 1 aliphatic carbocycles. The Bertz CT molecular complexity index is 646. The Morgan fingerprint density at radius 3 is 2.52 bits per heavy atom. The Morgan fingerprint density at radius 2 is 1.91 bits per heavy atom. The topological polar surface area (TPSA) is 12.0 Å². The molecule has 0 spiro atoms. The van der Waals surface area contributed by atoms with Gasteiger partial charge in [0.05, 0.1) is 0 Å². The van der Waals surface area contributed by atoms with Crippen LogP contribution in [0.15, 0.2) is 60.8 Å². The molecule has 23 heavy (non-hydrogen) atoms. The van der Waals surface area contributed by atoms with Crippen LogP contribution in [-0.4, -0.2) is 0 Å². The van der Waals surface area contributed by atoms with E-state index in [-0.39, 0.29) is 0 Å². The largest absolute Gasteiger partial charge is 0.356 e. The summed E-state index contributed by atoms with van der Waals surface area (Å²) in [6, 6.07) is 8.29. The summed E-state index contributed by atoms with van der Waals surface area (Å²) in [6.07, 6.45) is 9.58. The maximum atomic E-state index is 4.23. The number of unbranched alkanes of at least 4 members (excludes halogenated alkanes) is 1. The van der Waals surface area contributed by atoms with Gasteiger partial charge in [-0.1, -0.05) is 74.4 Å². The van der Waals surface area contributed by atoms with Crippen LogP contribution in [0.5, 0.6) is 0 Å². The van der Waals surface area contributed by atoms with Crippen molar-refractivity contribution in [3.05, 3.63) is 72.0 Å². The van der Waals surface area contributed by atoms with E-state index in [2.05, 4.69) is 56.6 Å². The van der Waals surface area contributed by atoms with E-state index in [1.54, 1.807) is 0 Å². The predicted octanol–water partition coefficient (Wildman–Crippen LogP) is 6.32. The summed E-state index contributed by atoms with van der Waals surface area (Å²) in [4.78, 5) is 0. The molecule has 122 valence electrons. The molecule has 1 unspecified atom stereocenters. The molecule has 0 fully saturated rings. The summed E-state index contributed by atoms with van der Waals surface area (Å²) in [6.45, 7) is 14.8. The summed E-state index contributed by atoms with van der Waals surface area (Å²) < 4.78 is 0. The van der Waals surface area contributed by atoms with Gasteiger partial charge in [0.15, 0.2) is 0 Å². The molecule has 0 bridgehead atoms. The van der Waals surface area contributed by atoms with Crippen molar-refractivity contribution in [3.63, 3.8) is 0 Å². The molecule has 0 saturated carbocycles. The third kappa shape index (κ3) is 4.48. The molecule has 1 N–H and O–H groups in total. The summed E-state index contributed by atoms with van der Waals surface area (Å²) in [5, 5.41) is 3.49. The van der Waals surface area contributed by atoms with Gasteiger partial charge >= 0.3 is 0 Å². The van der Waals surface area contributed by atoms with E-state index in [0.29, 0.717) is 5.92 Å². The maximum absolute atomic E-state index is 4.23. The average Bonchev–Trinajstić information content (AvgIpc) is 2.54. The van der Waals surface area contributed by atoms with E-state index >= 15 is 0 Å². The van der Waals surface area contributed by atoms with Crippen molar-refractivity contribution in [3.8, 4) is 0 Å². The highest BCUT2D eigenvalue weighted by molar-refractivity contribution is 5.77. The van der Waals surface area contributed by atoms with Gasteiger partial charge in [-0.05, 0) is 44.2 Å². The van der Waals surface area contributed by atoms with Gasteiger partial charge in [0.25, 0.3) is 0 Å². The van der Waals surface area contributed by atoms with Gasteiger partial charge < -0.3 is 5.32 Å². The smallest absolute Gasteiger partial charge is 0.0390 e. The first kappa shape index (κ1) is 17.3. The highest BCUT2D eigenvalue weighted by atomic mass is 14.9. The third-order valence-electron chi connectivity index (χ3n) is 4.56. The quantitative estimate of drug-likeness (QED) is 0.621. The van der Waals surface area contributed by atoms with E-state index in [9.17, 15) is 0 Å². The lowest BCUT2D eigenvalue weighted by Gasteiger charge is -2.23. The Kier molecular flexibility index (Phi) is 6.04. The molecule has 0 heterocycles. The monoisotopic (exact) mass is 307 g/mol.